The number of carbonyl (C=O) groups excluding carboxylic acids is 2. The summed E-state index contributed by atoms with van der Waals surface area (Å²) < 4.78 is 0. The maximum Gasteiger partial charge on any atom is 0.237 e. The Morgan fingerprint density at radius 1 is 1.20 bits per heavy atom. The van der Waals surface area contributed by atoms with Gasteiger partial charge >= 0.3 is 0 Å². The topological polar surface area (TPSA) is 63.4 Å². The van der Waals surface area contributed by atoms with Crippen molar-refractivity contribution in [3.8, 4) is 11.8 Å². The van der Waals surface area contributed by atoms with E-state index in [-0.39, 0.29) is 30.2 Å². The quantitative estimate of drug-likeness (QED) is 0.620. The van der Waals surface area contributed by atoms with Crippen LogP contribution in [0.15, 0.2) is 18.2 Å². The first-order chi connectivity index (χ1) is 9.47. The molecule has 2 unspecified atom stereocenters. The van der Waals surface area contributed by atoms with Crippen molar-refractivity contribution in [2.75, 3.05) is 11.4 Å². The smallest absolute Gasteiger partial charge is 0.237 e. The Hall–Kier alpha value is -2.12. The monoisotopic (exact) mass is 270 g/mol. The molecule has 1 aliphatic rings. The summed E-state index contributed by atoms with van der Waals surface area (Å²) in [6, 6.07) is 5.55. The molecule has 0 saturated carbocycles. The lowest BCUT2D eigenvalue weighted by Crippen LogP contribution is -2.31. The molecule has 1 heterocycles. The third-order valence-corrected chi connectivity index (χ3v) is 3.69. The van der Waals surface area contributed by atoms with Crippen molar-refractivity contribution in [3.63, 3.8) is 0 Å². The first-order valence-corrected chi connectivity index (χ1v) is 6.64. The molecule has 2 N–H and O–H groups in total. The number of rotatable bonds is 1. The molecule has 0 radical (unpaired) electrons. The number of aryl methyl sites for hydroxylation is 1. The molecule has 1 fully saturated rings. The van der Waals surface area contributed by atoms with Gasteiger partial charge in [-0.15, -0.1) is 0 Å². The SMILES string of the molecule is Cc1ccc(C#CCN)c(N2C(=O)C(C)C(C)C2=O)c1. The van der Waals surface area contributed by atoms with Crippen molar-refractivity contribution in [2.45, 2.75) is 20.8 Å². The van der Waals surface area contributed by atoms with Crippen LogP contribution in [-0.2, 0) is 9.59 Å². The van der Waals surface area contributed by atoms with Gasteiger partial charge in [0.2, 0.25) is 11.8 Å². The van der Waals surface area contributed by atoms with Crippen molar-refractivity contribution in [1.82, 2.24) is 0 Å². The first kappa shape index (κ1) is 14.3. The van der Waals surface area contributed by atoms with Crippen molar-refractivity contribution >= 4 is 17.5 Å². The molecule has 0 spiro atoms. The van der Waals surface area contributed by atoms with E-state index in [1.165, 1.54) is 4.90 Å². The summed E-state index contributed by atoms with van der Waals surface area (Å²) >= 11 is 0. The van der Waals surface area contributed by atoms with E-state index in [4.69, 9.17) is 5.73 Å². The molecule has 1 aliphatic heterocycles. The number of anilines is 1. The molecule has 1 aromatic carbocycles. The molecule has 1 saturated heterocycles. The minimum atomic E-state index is -0.293. The molecular weight excluding hydrogens is 252 g/mol. The van der Waals surface area contributed by atoms with Crippen LogP contribution in [0.25, 0.3) is 0 Å². The van der Waals surface area contributed by atoms with E-state index in [2.05, 4.69) is 11.8 Å². The van der Waals surface area contributed by atoms with Gasteiger partial charge in [-0.2, -0.15) is 0 Å². The second kappa shape index (κ2) is 5.48. The molecule has 0 aromatic heterocycles. The van der Waals surface area contributed by atoms with Crippen LogP contribution in [-0.4, -0.2) is 18.4 Å². The Morgan fingerprint density at radius 3 is 2.35 bits per heavy atom. The molecular formula is C16H18N2O2. The minimum Gasteiger partial charge on any atom is -0.320 e. The van der Waals surface area contributed by atoms with Crippen LogP contribution in [0.1, 0.15) is 25.0 Å². The van der Waals surface area contributed by atoms with Gasteiger partial charge in [0.25, 0.3) is 0 Å². The molecule has 2 amide bonds. The second-order valence-corrected chi connectivity index (χ2v) is 5.12. The zero-order valence-corrected chi connectivity index (χ0v) is 11.9. The highest BCUT2D eigenvalue weighted by molar-refractivity contribution is 6.22. The summed E-state index contributed by atoms with van der Waals surface area (Å²) in [5, 5.41) is 0. The summed E-state index contributed by atoms with van der Waals surface area (Å²) in [5.41, 5.74) is 7.59. The van der Waals surface area contributed by atoms with Crippen LogP contribution in [0, 0.1) is 30.6 Å². The fourth-order valence-electron chi connectivity index (χ4n) is 2.26. The maximum absolute atomic E-state index is 12.3. The molecule has 20 heavy (non-hydrogen) atoms. The number of hydrogen-bond donors (Lipinski definition) is 1. The van der Waals surface area contributed by atoms with Gasteiger partial charge in [0.1, 0.15) is 0 Å². The molecule has 104 valence electrons. The maximum atomic E-state index is 12.3. The third-order valence-electron chi connectivity index (χ3n) is 3.69. The fourth-order valence-corrected chi connectivity index (χ4v) is 2.26. The number of carbonyl (C=O) groups is 2. The third kappa shape index (κ3) is 2.33. The average Bonchev–Trinajstić information content (AvgIpc) is 2.62. The van der Waals surface area contributed by atoms with Crippen LogP contribution in [0.2, 0.25) is 0 Å². The zero-order chi connectivity index (χ0) is 14.9. The highest BCUT2D eigenvalue weighted by Gasteiger charge is 2.43. The Morgan fingerprint density at radius 2 is 1.80 bits per heavy atom. The van der Waals surface area contributed by atoms with E-state index in [0.29, 0.717) is 11.3 Å². The van der Waals surface area contributed by atoms with Crippen LogP contribution >= 0.6 is 0 Å². The minimum absolute atomic E-state index is 0.163. The Balaban J connectivity index is 2.54. The summed E-state index contributed by atoms with van der Waals surface area (Å²) in [6.07, 6.45) is 0. The lowest BCUT2D eigenvalue weighted by atomic mass is 10.00. The molecule has 4 nitrogen and oxygen atoms in total. The molecule has 0 bridgehead atoms. The van der Waals surface area contributed by atoms with Crippen molar-refractivity contribution in [3.05, 3.63) is 29.3 Å². The van der Waals surface area contributed by atoms with Gasteiger partial charge in [0.15, 0.2) is 0 Å². The van der Waals surface area contributed by atoms with Gasteiger partial charge in [0.05, 0.1) is 12.2 Å². The van der Waals surface area contributed by atoms with Crippen LogP contribution in [0.5, 0.6) is 0 Å². The average molecular weight is 270 g/mol. The molecule has 0 aliphatic carbocycles. The zero-order valence-electron chi connectivity index (χ0n) is 11.9. The van der Waals surface area contributed by atoms with Crippen LogP contribution in [0.3, 0.4) is 0 Å². The standard InChI is InChI=1S/C16H18N2O2/c1-10-6-7-13(5-4-8-17)14(9-10)18-15(19)11(2)12(3)16(18)20/h6-7,9,11-12H,8,17H2,1-3H3. The summed E-state index contributed by atoms with van der Waals surface area (Å²) in [7, 11) is 0. The van der Waals surface area contributed by atoms with E-state index in [0.717, 1.165) is 5.56 Å². The van der Waals surface area contributed by atoms with Crippen molar-refractivity contribution in [2.24, 2.45) is 17.6 Å². The Kier molecular flexibility index (Phi) is 3.91. The lowest BCUT2D eigenvalue weighted by molar-refractivity contribution is -0.122. The van der Waals surface area contributed by atoms with Gasteiger partial charge in [0, 0.05) is 17.4 Å². The number of amides is 2. The van der Waals surface area contributed by atoms with E-state index in [9.17, 15) is 9.59 Å². The van der Waals surface area contributed by atoms with E-state index in [1.807, 2.05) is 25.1 Å². The Bertz CT molecular complexity index is 605. The highest BCUT2D eigenvalue weighted by Crippen LogP contribution is 2.32. The van der Waals surface area contributed by atoms with Crippen LogP contribution < -0.4 is 10.6 Å². The second-order valence-electron chi connectivity index (χ2n) is 5.12. The first-order valence-electron chi connectivity index (χ1n) is 6.64. The van der Waals surface area contributed by atoms with Gasteiger partial charge < -0.3 is 5.73 Å². The summed E-state index contributed by atoms with van der Waals surface area (Å²) in [6.45, 7) is 5.72. The van der Waals surface area contributed by atoms with Crippen molar-refractivity contribution in [1.29, 1.82) is 0 Å². The number of nitrogens with zero attached hydrogens (tertiary/aromatic N) is 1. The normalized spacial score (nSPS) is 21.9. The fraction of sp³-hybridized carbons (Fsp3) is 0.375. The predicted octanol–water partition coefficient (Wildman–Crippen LogP) is 1.45. The summed E-state index contributed by atoms with van der Waals surface area (Å²) in [4.78, 5) is 25.9. The largest absolute Gasteiger partial charge is 0.320 e. The number of hydrogen-bond acceptors (Lipinski definition) is 3. The number of benzene rings is 1. The summed E-state index contributed by atoms with van der Waals surface area (Å²) in [5.74, 6) is 4.78. The van der Waals surface area contributed by atoms with Gasteiger partial charge in [-0.05, 0) is 24.6 Å². The van der Waals surface area contributed by atoms with Crippen LogP contribution in [0.4, 0.5) is 5.69 Å². The predicted molar refractivity (Wildman–Crippen MR) is 77.9 cm³/mol. The molecule has 2 rings (SSSR count). The van der Waals surface area contributed by atoms with E-state index >= 15 is 0 Å². The van der Waals surface area contributed by atoms with E-state index in [1.54, 1.807) is 13.8 Å². The van der Waals surface area contributed by atoms with Gasteiger partial charge in [-0.25, -0.2) is 4.90 Å². The number of nitrogens with two attached hydrogens (primary N) is 1. The highest BCUT2D eigenvalue weighted by atomic mass is 16.2. The van der Waals surface area contributed by atoms with Gasteiger partial charge in [-0.3, -0.25) is 9.59 Å². The number of imide groups is 1. The van der Waals surface area contributed by atoms with Crippen molar-refractivity contribution < 1.29 is 9.59 Å². The molecule has 2 atom stereocenters. The lowest BCUT2D eigenvalue weighted by Gasteiger charge is -2.17. The van der Waals surface area contributed by atoms with E-state index < -0.39 is 0 Å². The van der Waals surface area contributed by atoms with Gasteiger partial charge in [-0.1, -0.05) is 31.8 Å². The molecule has 1 aromatic rings. The Labute approximate surface area is 118 Å². The molecule has 4 heteroatoms.